The Hall–Kier alpha value is -3.44. The summed E-state index contributed by atoms with van der Waals surface area (Å²) in [7, 11) is -3.34. The molecule has 0 saturated carbocycles. The number of hydrogen-bond acceptors (Lipinski definition) is 7. The van der Waals surface area contributed by atoms with E-state index < -0.39 is 28.3 Å². The Balaban J connectivity index is 1.56. The van der Waals surface area contributed by atoms with Gasteiger partial charge in [-0.3, -0.25) is 13.9 Å². The van der Waals surface area contributed by atoms with Crippen LogP contribution in [0, 0.1) is 13.8 Å². The zero-order chi connectivity index (χ0) is 28.8. The molecule has 0 fully saturated rings. The molecule has 1 atom stereocenters. The first-order valence-corrected chi connectivity index (χ1v) is 14.9. The van der Waals surface area contributed by atoms with Crippen molar-refractivity contribution in [3.05, 3.63) is 82.4 Å². The summed E-state index contributed by atoms with van der Waals surface area (Å²) in [6.07, 6.45) is -0.0933. The highest BCUT2D eigenvalue weighted by molar-refractivity contribution is 8.22. The molecule has 1 aliphatic rings. The minimum atomic E-state index is -3.34. The lowest BCUT2D eigenvalue weighted by Gasteiger charge is -2.43. The molecule has 0 bridgehead atoms. The van der Waals surface area contributed by atoms with Crippen molar-refractivity contribution in [3.8, 4) is 5.75 Å². The summed E-state index contributed by atoms with van der Waals surface area (Å²) in [5, 5.41) is 18.5. The second kappa shape index (κ2) is 10.5. The van der Waals surface area contributed by atoms with E-state index in [0.29, 0.717) is 17.2 Å². The number of para-hydroxylation sites is 1. The molecular formula is C30H36N4O5S. The molecule has 1 aliphatic heterocycles. The number of hydrogen-bond donors (Lipinski definition) is 3. The quantitative estimate of drug-likeness (QED) is 0.237. The third-order valence-electron chi connectivity index (χ3n) is 7.61. The molecule has 2 heterocycles. The summed E-state index contributed by atoms with van der Waals surface area (Å²) in [6.45, 7) is 11.0. The second-order valence-corrected chi connectivity index (χ2v) is 13.0. The van der Waals surface area contributed by atoms with Gasteiger partial charge in [0.05, 0.1) is 18.5 Å². The molecule has 0 amide bonds. The van der Waals surface area contributed by atoms with Gasteiger partial charge in [0.1, 0.15) is 21.8 Å². The van der Waals surface area contributed by atoms with E-state index in [0.717, 1.165) is 38.9 Å². The van der Waals surface area contributed by atoms with Gasteiger partial charge in [0.2, 0.25) is 0 Å². The van der Waals surface area contributed by atoms with Crippen LogP contribution < -0.4 is 4.74 Å². The predicted octanol–water partition coefficient (Wildman–Crippen LogP) is 6.37. The van der Waals surface area contributed by atoms with Crippen LogP contribution in [-0.4, -0.2) is 51.6 Å². The van der Waals surface area contributed by atoms with Gasteiger partial charge in [0, 0.05) is 19.0 Å². The van der Waals surface area contributed by atoms with Crippen molar-refractivity contribution in [3.63, 3.8) is 0 Å². The molecule has 3 N–H and O–H groups in total. The van der Waals surface area contributed by atoms with Gasteiger partial charge in [0.25, 0.3) is 0 Å². The smallest absolute Gasteiger partial charge is 0.304 e. The molecule has 0 saturated heterocycles. The van der Waals surface area contributed by atoms with E-state index in [-0.39, 0.29) is 19.5 Å². The molecule has 10 heteroatoms. The Morgan fingerprint density at radius 3 is 2.60 bits per heavy atom. The fourth-order valence-corrected chi connectivity index (χ4v) is 7.26. The first kappa shape index (κ1) is 28.1. The monoisotopic (exact) mass is 564 g/mol. The first-order chi connectivity index (χ1) is 18.9. The maximum absolute atomic E-state index is 12.0. The standard InChI is InChI=1S/C30H36N4O5S/c1-6-34-25-14-13-23(20(3)29(25)31-32-34)24(16-28(35)36)21-12-11-19(2)22(15-21)17-33-18-30(4,5)39-26-9-7-8-10-27(26)40(33,37)38/h7-15,24,37-38H,6,16-18H2,1-5H3,(H,35,36). The van der Waals surface area contributed by atoms with Gasteiger partial charge < -0.3 is 9.84 Å². The topological polar surface area (TPSA) is 121 Å². The van der Waals surface area contributed by atoms with Crippen LogP contribution in [0.3, 0.4) is 0 Å². The average molecular weight is 565 g/mol. The third kappa shape index (κ3) is 5.19. The van der Waals surface area contributed by atoms with Crippen molar-refractivity contribution in [1.82, 2.24) is 19.3 Å². The zero-order valence-corrected chi connectivity index (χ0v) is 24.3. The summed E-state index contributed by atoms with van der Waals surface area (Å²) in [5.41, 5.74) is 5.51. The number of carboxylic acids is 1. The average Bonchev–Trinajstić information content (AvgIpc) is 3.29. The Morgan fingerprint density at radius 2 is 1.88 bits per heavy atom. The maximum Gasteiger partial charge on any atom is 0.304 e. The van der Waals surface area contributed by atoms with Crippen LogP contribution in [0.2, 0.25) is 0 Å². The SMILES string of the molecule is CCn1nnc2c(C)c(C(CC(=O)O)c3ccc(C)c(CN4CC(C)(C)Oc5ccccc5S4(O)O)c3)ccc21. The van der Waals surface area contributed by atoms with Gasteiger partial charge in [0.15, 0.2) is 0 Å². The van der Waals surface area contributed by atoms with Gasteiger partial charge in [-0.05, 0) is 80.6 Å². The van der Waals surface area contributed by atoms with E-state index in [9.17, 15) is 19.0 Å². The number of ether oxygens (including phenoxy) is 1. The van der Waals surface area contributed by atoms with Crippen LogP contribution >= 0.6 is 10.8 Å². The van der Waals surface area contributed by atoms with E-state index in [4.69, 9.17) is 4.74 Å². The lowest BCUT2D eigenvalue weighted by molar-refractivity contribution is -0.137. The molecule has 0 radical (unpaired) electrons. The Kier molecular flexibility index (Phi) is 7.39. The number of fused-ring (bicyclic) bond motifs is 2. The van der Waals surface area contributed by atoms with Gasteiger partial charge in [-0.1, -0.05) is 41.6 Å². The molecule has 40 heavy (non-hydrogen) atoms. The molecular weight excluding hydrogens is 528 g/mol. The van der Waals surface area contributed by atoms with E-state index in [1.807, 2.05) is 75.7 Å². The van der Waals surface area contributed by atoms with Crippen molar-refractivity contribution in [2.75, 3.05) is 6.54 Å². The first-order valence-electron chi connectivity index (χ1n) is 13.4. The lowest BCUT2D eigenvalue weighted by Crippen LogP contribution is -2.41. The van der Waals surface area contributed by atoms with Crippen LogP contribution in [0.5, 0.6) is 5.75 Å². The van der Waals surface area contributed by atoms with Crippen LogP contribution in [0.1, 0.15) is 60.9 Å². The van der Waals surface area contributed by atoms with Crippen molar-refractivity contribution < 1.29 is 23.7 Å². The molecule has 1 aromatic heterocycles. The molecule has 0 aliphatic carbocycles. The van der Waals surface area contributed by atoms with Gasteiger partial charge in [-0.2, -0.15) is 4.31 Å². The highest BCUT2D eigenvalue weighted by Gasteiger charge is 2.38. The number of benzene rings is 3. The number of aliphatic carboxylic acids is 1. The third-order valence-corrected chi connectivity index (χ3v) is 9.51. The summed E-state index contributed by atoms with van der Waals surface area (Å²) < 4.78 is 32.6. The normalized spacial score (nSPS) is 18.0. The van der Waals surface area contributed by atoms with E-state index in [2.05, 4.69) is 10.3 Å². The second-order valence-electron chi connectivity index (χ2n) is 11.0. The van der Waals surface area contributed by atoms with Gasteiger partial charge >= 0.3 is 5.97 Å². The Bertz CT molecular complexity index is 1580. The molecule has 4 aromatic rings. The van der Waals surface area contributed by atoms with Crippen LogP contribution in [0.15, 0.2) is 59.5 Å². The summed E-state index contributed by atoms with van der Waals surface area (Å²) in [4.78, 5) is 12.4. The van der Waals surface area contributed by atoms with Crippen LogP contribution in [-0.2, 0) is 17.9 Å². The Morgan fingerprint density at radius 1 is 1.12 bits per heavy atom. The fraction of sp³-hybridized carbons (Fsp3) is 0.367. The number of carboxylic acid groups (broad SMARTS) is 1. The van der Waals surface area contributed by atoms with Crippen molar-refractivity contribution in [2.24, 2.45) is 0 Å². The fourth-order valence-electron chi connectivity index (χ4n) is 5.53. The summed E-state index contributed by atoms with van der Waals surface area (Å²) in [5.74, 6) is -0.855. The summed E-state index contributed by atoms with van der Waals surface area (Å²) in [6, 6.07) is 16.9. The van der Waals surface area contributed by atoms with Crippen molar-refractivity contribution in [2.45, 2.75) is 70.5 Å². The van der Waals surface area contributed by atoms with E-state index in [1.165, 1.54) is 0 Å². The number of rotatable bonds is 7. The maximum atomic E-state index is 12.0. The zero-order valence-electron chi connectivity index (χ0n) is 23.5. The van der Waals surface area contributed by atoms with Crippen LogP contribution in [0.4, 0.5) is 0 Å². The van der Waals surface area contributed by atoms with E-state index in [1.54, 1.807) is 22.5 Å². The predicted molar refractivity (Wildman–Crippen MR) is 156 cm³/mol. The molecule has 1 unspecified atom stereocenters. The number of aromatic nitrogens is 3. The van der Waals surface area contributed by atoms with Crippen molar-refractivity contribution >= 4 is 27.8 Å². The molecule has 5 rings (SSSR count). The number of aryl methyl sites for hydroxylation is 3. The molecule has 9 nitrogen and oxygen atoms in total. The molecule has 3 aromatic carbocycles. The van der Waals surface area contributed by atoms with Gasteiger partial charge in [-0.25, -0.2) is 4.68 Å². The van der Waals surface area contributed by atoms with Crippen LogP contribution in [0.25, 0.3) is 11.0 Å². The largest absolute Gasteiger partial charge is 0.484 e. The lowest BCUT2D eigenvalue weighted by atomic mass is 9.84. The minimum absolute atomic E-state index is 0.0933. The molecule has 212 valence electrons. The summed E-state index contributed by atoms with van der Waals surface area (Å²) >= 11 is 0. The van der Waals surface area contributed by atoms with Crippen molar-refractivity contribution in [1.29, 1.82) is 0 Å². The highest BCUT2D eigenvalue weighted by atomic mass is 32.3. The van der Waals surface area contributed by atoms with Gasteiger partial charge in [-0.15, -0.1) is 15.9 Å². The van der Waals surface area contributed by atoms with E-state index >= 15 is 0 Å². The number of nitrogens with zero attached hydrogens (tertiary/aromatic N) is 4. The highest BCUT2D eigenvalue weighted by Crippen LogP contribution is 2.58. The Labute approximate surface area is 235 Å². The minimum Gasteiger partial charge on any atom is -0.484 e. The molecule has 0 spiro atoms. The number of carbonyl (C=O) groups is 1.